The molecule has 0 heterocycles. The third-order valence-corrected chi connectivity index (χ3v) is 4.53. The Kier molecular flexibility index (Phi) is 6.66. The van der Waals surface area contributed by atoms with E-state index < -0.39 is 0 Å². The Morgan fingerprint density at radius 1 is 1.05 bits per heavy atom. The summed E-state index contributed by atoms with van der Waals surface area (Å²) < 4.78 is 0. The highest BCUT2D eigenvalue weighted by molar-refractivity contribution is 4.82. The molecule has 2 aliphatic carbocycles. The number of nitrogens with zero attached hydrogens (tertiary/aromatic N) is 1. The van der Waals surface area contributed by atoms with E-state index in [1.54, 1.807) is 0 Å². The molecule has 0 aromatic rings. The standard InChI is InChI=1S/C17H34N2/c1-3-11-18-15(2)6-4-5-12-19(13-16-7-8-16)14-17-9-10-17/h15-18H,3-14H2,1-2H3. The van der Waals surface area contributed by atoms with E-state index in [1.165, 1.54) is 77.5 Å². The maximum atomic E-state index is 3.59. The monoisotopic (exact) mass is 266 g/mol. The van der Waals surface area contributed by atoms with Gasteiger partial charge in [0.2, 0.25) is 0 Å². The predicted molar refractivity (Wildman–Crippen MR) is 83.5 cm³/mol. The molecule has 19 heavy (non-hydrogen) atoms. The van der Waals surface area contributed by atoms with E-state index in [0.717, 1.165) is 11.8 Å². The SMILES string of the molecule is CCCNC(C)CCCCN(CC1CC1)CC1CC1. The van der Waals surface area contributed by atoms with E-state index in [9.17, 15) is 0 Å². The highest BCUT2D eigenvalue weighted by Crippen LogP contribution is 2.33. The van der Waals surface area contributed by atoms with E-state index in [0.29, 0.717) is 6.04 Å². The summed E-state index contributed by atoms with van der Waals surface area (Å²) in [5, 5.41) is 3.59. The number of rotatable bonds is 12. The Labute approximate surface area is 120 Å². The van der Waals surface area contributed by atoms with Crippen LogP contribution < -0.4 is 5.32 Å². The van der Waals surface area contributed by atoms with Crippen molar-refractivity contribution in [3.8, 4) is 0 Å². The van der Waals surface area contributed by atoms with Gasteiger partial charge in [0.05, 0.1) is 0 Å². The van der Waals surface area contributed by atoms with E-state index in [-0.39, 0.29) is 0 Å². The first-order valence-corrected chi connectivity index (χ1v) is 8.73. The molecule has 112 valence electrons. The van der Waals surface area contributed by atoms with Crippen molar-refractivity contribution in [2.45, 2.75) is 71.3 Å². The van der Waals surface area contributed by atoms with E-state index >= 15 is 0 Å². The van der Waals surface area contributed by atoms with Gasteiger partial charge in [0.15, 0.2) is 0 Å². The first kappa shape index (κ1) is 15.3. The average Bonchev–Trinajstić information content (AvgIpc) is 3.27. The van der Waals surface area contributed by atoms with Crippen molar-refractivity contribution in [3.63, 3.8) is 0 Å². The number of unbranched alkanes of at least 4 members (excludes halogenated alkanes) is 1. The first-order valence-electron chi connectivity index (χ1n) is 8.73. The molecule has 0 spiro atoms. The van der Waals surface area contributed by atoms with Crippen LogP contribution in [-0.2, 0) is 0 Å². The fourth-order valence-electron chi connectivity index (χ4n) is 2.87. The van der Waals surface area contributed by atoms with Gasteiger partial charge in [-0.25, -0.2) is 0 Å². The maximum absolute atomic E-state index is 3.59. The van der Waals surface area contributed by atoms with Crippen molar-refractivity contribution in [1.29, 1.82) is 0 Å². The molecule has 0 bridgehead atoms. The van der Waals surface area contributed by atoms with Crippen LogP contribution in [0.2, 0.25) is 0 Å². The van der Waals surface area contributed by atoms with Crippen molar-refractivity contribution >= 4 is 0 Å². The number of hydrogen-bond acceptors (Lipinski definition) is 2. The minimum atomic E-state index is 0.709. The van der Waals surface area contributed by atoms with Gasteiger partial charge >= 0.3 is 0 Å². The van der Waals surface area contributed by atoms with Gasteiger partial charge in [0.1, 0.15) is 0 Å². The second-order valence-corrected chi connectivity index (χ2v) is 7.00. The summed E-state index contributed by atoms with van der Waals surface area (Å²) in [6.07, 6.45) is 11.4. The molecule has 1 atom stereocenters. The molecule has 1 unspecified atom stereocenters. The van der Waals surface area contributed by atoms with E-state index in [2.05, 4.69) is 24.1 Å². The molecule has 0 saturated heterocycles. The van der Waals surface area contributed by atoms with Crippen LogP contribution in [0.4, 0.5) is 0 Å². The van der Waals surface area contributed by atoms with Crippen LogP contribution in [0.5, 0.6) is 0 Å². The molecule has 2 aliphatic rings. The normalized spacial score (nSPS) is 21.0. The molecule has 2 heteroatoms. The summed E-state index contributed by atoms with van der Waals surface area (Å²) in [6, 6.07) is 0.709. The summed E-state index contributed by atoms with van der Waals surface area (Å²) in [5.41, 5.74) is 0. The molecule has 2 saturated carbocycles. The highest BCUT2D eigenvalue weighted by atomic mass is 15.1. The van der Waals surface area contributed by atoms with Gasteiger partial charge in [-0.05, 0) is 76.8 Å². The van der Waals surface area contributed by atoms with Crippen LogP contribution in [0.3, 0.4) is 0 Å². The molecular weight excluding hydrogens is 232 g/mol. The fraction of sp³-hybridized carbons (Fsp3) is 1.00. The molecular formula is C17H34N2. The molecule has 0 aromatic heterocycles. The van der Waals surface area contributed by atoms with Crippen molar-refractivity contribution < 1.29 is 0 Å². The third kappa shape index (κ3) is 7.31. The van der Waals surface area contributed by atoms with Gasteiger partial charge in [-0.15, -0.1) is 0 Å². The Balaban J connectivity index is 1.50. The van der Waals surface area contributed by atoms with Crippen LogP contribution >= 0.6 is 0 Å². The number of nitrogens with one attached hydrogen (secondary N) is 1. The van der Waals surface area contributed by atoms with Crippen molar-refractivity contribution in [2.75, 3.05) is 26.2 Å². The van der Waals surface area contributed by atoms with Crippen LogP contribution in [0.15, 0.2) is 0 Å². The Morgan fingerprint density at radius 3 is 2.21 bits per heavy atom. The lowest BCUT2D eigenvalue weighted by Gasteiger charge is -2.22. The van der Waals surface area contributed by atoms with Gasteiger partial charge in [0, 0.05) is 19.1 Å². The second kappa shape index (κ2) is 8.26. The zero-order valence-electron chi connectivity index (χ0n) is 13.2. The van der Waals surface area contributed by atoms with Crippen LogP contribution in [-0.4, -0.2) is 37.1 Å². The molecule has 0 amide bonds. The lowest BCUT2D eigenvalue weighted by molar-refractivity contribution is 0.245. The molecule has 0 aromatic carbocycles. The second-order valence-electron chi connectivity index (χ2n) is 7.00. The van der Waals surface area contributed by atoms with Crippen LogP contribution in [0, 0.1) is 11.8 Å². The molecule has 2 fully saturated rings. The minimum Gasteiger partial charge on any atom is -0.314 e. The average molecular weight is 266 g/mol. The molecule has 2 rings (SSSR count). The van der Waals surface area contributed by atoms with Gasteiger partial charge in [-0.2, -0.15) is 0 Å². The summed E-state index contributed by atoms with van der Waals surface area (Å²) in [6.45, 7) is 9.92. The predicted octanol–water partition coefficient (Wildman–Crippen LogP) is 3.67. The van der Waals surface area contributed by atoms with Crippen molar-refractivity contribution in [3.05, 3.63) is 0 Å². The smallest absolute Gasteiger partial charge is 0.00387 e. The molecule has 1 N–H and O–H groups in total. The van der Waals surface area contributed by atoms with Gasteiger partial charge < -0.3 is 10.2 Å². The third-order valence-electron chi connectivity index (χ3n) is 4.53. The van der Waals surface area contributed by atoms with Gasteiger partial charge in [-0.3, -0.25) is 0 Å². The summed E-state index contributed by atoms with van der Waals surface area (Å²) in [7, 11) is 0. The molecule has 2 nitrogen and oxygen atoms in total. The molecule has 0 radical (unpaired) electrons. The Morgan fingerprint density at radius 2 is 1.68 bits per heavy atom. The van der Waals surface area contributed by atoms with E-state index in [4.69, 9.17) is 0 Å². The van der Waals surface area contributed by atoms with Gasteiger partial charge in [0.25, 0.3) is 0 Å². The topological polar surface area (TPSA) is 15.3 Å². The minimum absolute atomic E-state index is 0.709. The fourth-order valence-corrected chi connectivity index (χ4v) is 2.87. The highest BCUT2D eigenvalue weighted by Gasteiger charge is 2.28. The van der Waals surface area contributed by atoms with Crippen molar-refractivity contribution in [2.24, 2.45) is 11.8 Å². The lowest BCUT2D eigenvalue weighted by atomic mass is 10.1. The zero-order valence-corrected chi connectivity index (χ0v) is 13.2. The summed E-state index contributed by atoms with van der Waals surface area (Å²) >= 11 is 0. The first-order chi connectivity index (χ1) is 9.28. The Hall–Kier alpha value is -0.0800. The quantitative estimate of drug-likeness (QED) is 0.542. The van der Waals surface area contributed by atoms with Crippen LogP contribution in [0.25, 0.3) is 0 Å². The molecule has 0 aliphatic heterocycles. The largest absolute Gasteiger partial charge is 0.314 e. The maximum Gasteiger partial charge on any atom is 0.00387 e. The lowest BCUT2D eigenvalue weighted by Crippen LogP contribution is -2.30. The number of hydrogen-bond donors (Lipinski definition) is 1. The Bertz CT molecular complexity index is 219. The summed E-state index contributed by atoms with van der Waals surface area (Å²) in [5.74, 6) is 2.12. The van der Waals surface area contributed by atoms with Crippen LogP contribution in [0.1, 0.15) is 65.2 Å². The zero-order chi connectivity index (χ0) is 13.5. The summed E-state index contributed by atoms with van der Waals surface area (Å²) in [4.78, 5) is 2.78. The van der Waals surface area contributed by atoms with Crippen molar-refractivity contribution in [1.82, 2.24) is 10.2 Å². The van der Waals surface area contributed by atoms with Gasteiger partial charge in [-0.1, -0.05) is 13.3 Å². The van der Waals surface area contributed by atoms with E-state index in [1.807, 2.05) is 0 Å².